The topological polar surface area (TPSA) is 59.1 Å². The highest BCUT2D eigenvalue weighted by Crippen LogP contribution is 2.18. The van der Waals surface area contributed by atoms with E-state index in [2.05, 4.69) is 10.3 Å². The smallest absolute Gasteiger partial charge is 0.234 e. The van der Waals surface area contributed by atoms with Gasteiger partial charge in [0.2, 0.25) is 11.9 Å². The molecule has 82 valence electrons. The highest BCUT2D eigenvalue weighted by atomic mass is 32.1. The van der Waals surface area contributed by atoms with E-state index in [1.54, 1.807) is 6.92 Å². The zero-order valence-corrected chi connectivity index (χ0v) is 9.28. The van der Waals surface area contributed by atoms with Gasteiger partial charge < -0.3 is 5.32 Å². The molecule has 0 saturated carbocycles. The van der Waals surface area contributed by atoms with E-state index in [1.807, 2.05) is 0 Å². The first kappa shape index (κ1) is 11.8. The number of carbonyl (C=O) groups is 2. The number of amides is 1. The zero-order chi connectivity index (χ0) is 11.4. The Morgan fingerprint density at radius 3 is 2.60 bits per heavy atom. The molecule has 6 heteroatoms. The standard InChI is InChI=1S/C9H11FN2O2S/c1-5-12-9(10)8(15-5)6(13)3-4-7(14)11-2/h3-4H2,1-2H3,(H,11,14). The number of ketones is 1. The quantitative estimate of drug-likeness (QED) is 0.793. The summed E-state index contributed by atoms with van der Waals surface area (Å²) in [4.78, 5) is 25.8. The maximum atomic E-state index is 13.0. The fraction of sp³-hybridized carbons (Fsp3) is 0.444. The van der Waals surface area contributed by atoms with Crippen molar-refractivity contribution in [2.75, 3.05) is 7.05 Å². The van der Waals surface area contributed by atoms with Gasteiger partial charge in [0.25, 0.3) is 0 Å². The van der Waals surface area contributed by atoms with Gasteiger partial charge in [-0.25, -0.2) is 4.98 Å². The van der Waals surface area contributed by atoms with Gasteiger partial charge in [-0.15, -0.1) is 11.3 Å². The molecule has 1 rings (SSSR count). The minimum absolute atomic E-state index is 0.0106. The van der Waals surface area contributed by atoms with Crippen molar-refractivity contribution in [3.8, 4) is 0 Å². The van der Waals surface area contributed by atoms with Gasteiger partial charge in [-0.3, -0.25) is 9.59 Å². The zero-order valence-electron chi connectivity index (χ0n) is 8.46. The van der Waals surface area contributed by atoms with Crippen LogP contribution in [0.15, 0.2) is 0 Å². The molecule has 0 atom stereocenters. The molecule has 1 amide bonds. The fourth-order valence-corrected chi connectivity index (χ4v) is 1.81. The van der Waals surface area contributed by atoms with Crippen LogP contribution in [-0.4, -0.2) is 23.7 Å². The summed E-state index contributed by atoms with van der Waals surface area (Å²) < 4.78 is 13.0. The third kappa shape index (κ3) is 3.09. The summed E-state index contributed by atoms with van der Waals surface area (Å²) in [7, 11) is 1.49. The fourth-order valence-electron chi connectivity index (χ4n) is 1.04. The molecule has 1 heterocycles. The van der Waals surface area contributed by atoms with Gasteiger partial charge >= 0.3 is 0 Å². The second-order valence-electron chi connectivity index (χ2n) is 2.95. The molecule has 0 aliphatic carbocycles. The Labute approximate surface area is 90.5 Å². The Morgan fingerprint density at radius 1 is 1.47 bits per heavy atom. The van der Waals surface area contributed by atoms with E-state index in [-0.39, 0.29) is 29.4 Å². The van der Waals surface area contributed by atoms with Crippen LogP contribution in [-0.2, 0) is 4.79 Å². The second kappa shape index (κ2) is 4.97. The molecule has 4 nitrogen and oxygen atoms in total. The SMILES string of the molecule is CNC(=O)CCC(=O)c1sc(C)nc1F. The lowest BCUT2D eigenvalue weighted by Crippen LogP contribution is -2.18. The minimum Gasteiger partial charge on any atom is -0.359 e. The van der Waals surface area contributed by atoms with Crippen molar-refractivity contribution in [1.82, 2.24) is 10.3 Å². The molecule has 0 saturated heterocycles. The maximum absolute atomic E-state index is 13.0. The second-order valence-corrected chi connectivity index (χ2v) is 4.15. The molecule has 0 fully saturated rings. The normalized spacial score (nSPS) is 10.1. The number of Topliss-reactive ketones (excluding diaryl/α,β-unsaturated/α-hetero) is 1. The van der Waals surface area contributed by atoms with Crippen molar-refractivity contribution in [1.29, 1.82) is 0 Å². The lowest BCUT2D eigenvalue weighted by molar-refractivity contribution is -0.120. The van der Waals surface area contributed by atoms with Crippen LogP contribution in [0.5, 0.6) is 0 Å². The first-order valence-corrected chi connectivity index (χ1v) is 5.23. The number of aryl methyl sites for hydroxylation is 1. The van der Waals surface area contributed by atoms with Crippen LogP contribution in [0.25, 0.3) is 0 Å². The molecule has 1 N–H and O–H groups in total. The molecule has 0 aliphatic rings. The Bertz CT molecular complexity index is 389. The molecule has 0 unspecified atom stereocenters. The first-order chi connectivity index (χ1) is 7.04. The van der Waals surface area contributed by atoms with Crippen LogP contribution in [0.4, 0.5) is 4.39 Å². The molecule has 0 aliphatic heterocycles. The van der Waals surface area contributed by atoms with Crippen molar-refractivity contribution in [2.45, 2.75) is 19.8 Å². The largest absolute Gasteiger partial charge is 0.359 e. The van der Waals surface area contributed by atoms with E-state index in [4.69, 9.17) is 0 Å². The number of nitrogens with zero attached hydrogens (tertiary/aromatic N) is 1. The van der Waals surface area contributed by atoms with Crippen LogP contribution in [0.3, 0.4) is 0 Å². The third-order valence-corrected chi connectivity index (χ3v) is 2.79. The van der Waals surface area contributed by atoms with Crippen molar-refractivity contribution >= 4 is 23.0 Å². The van der Waals surface area contributed by atoms with Crippen molar-refractivity contribution in [2.24, 2.45) is 0 Å². The average Bonchev–Trinajstić information content (AvgIpc) is 2.53. The molecule has 0 spiro atoms. The lowest BCUT2D eigenvalue weighted by Gasteiger charge is -1.97. The number of halogens is 1. The van der Waals surface area contributed by atoms with E-state index in [0.29, 0.717) is 5.01 Å². The number of aromatic nitrogens is 1. The maximum Gasteiger partial charge on any atom is 0.234 e. The molecular weight excluding hydrogens is 219 g/mol. The van der Waals surface area contributed by atoms with Crippen molar-refractivity contribution in [3.63, 3.8) is 0 Å². The lowest BCUT2D eigenvalue weighted by atomic mass is 10.2. The summed E-state index contributed by atoms with van der Waals surface area (Å²) in [6.07, 6.45) is 0.0872. The predicted octanol–water partition coefficient (Wildman–Crippen LogP) is 1.30. The third-order valence-electron chi connectivity index (χ3n) is 1.80. The average molecular weight is 230 g/mol. The van der Waals surface area contributed by atoms with Crippen molar-refractivity contribution < 1.29 is 14.0 Å². The van der Waals surface area contributed by atoms with E-state index in [9.17, 15) is 14.0 Å². The summed E-state index contributed by atoms with van der Waals surface area (Å²) in [5.74, 6) is -1.34. The minimum atomic E-state index is -0.737. The van der Waals surface area contributed by atoms with Crippen LogP contribution in [0, 0.1) is 12.9 Å². The molecule has 1 aromatic rings. The summed E-state index contributed by atoms with van der Waals surface area (Å²) in [6, 6.07) is 0. The van der Waals surface area contributed by atoms with Crippen molar-refractivity contribution in [3.05, 3.63) is 15.8 Å². The summed E-state index contributed by atoms with van der Waals surface area (Å²) in [5, 5.41) is 2.90. The van der Waals surface area contributed by atoms with Crippen LogP contribution < -0.4 is 5.32 Å². The number of thiazole rings is 1. The Balaban J connectivity index is 2.61. The van der Waals surface area contributed by atoms with E-state index >= 15 is 0 Å². The monoisotopic (exact) mass is 230 g/mol. The van der Waals surface area contributed by atoms with Gasteiger partial charge in [0.05, 0.1) is 5.01 Å². The van der Waals surface area contributed by atoms with Crippen LogP contribution in [0.2, 0.25) is 0 Å². The molecule has 0 aromatic carbocycles. The Hall–Kier alpha value is -1.30. The van der Waals surface area contributed by atoms with Gasteiger partial charge in [-0.2, -0.15) is 4.39 Å². The summed E-state index contributed by atoms with van der Waals surface area (Å²) in [6.45, 7) is 1.63. The van der Waals surface area contributed by atoms with Gasteiger partial charge in [0.15, 0.2) is 5.78 Å². The molecular formula is C9H11FN2O2S. The highest BCUT2D eigenvalue weighted by Gasteiger charge is 2.17. The predicted molar refractivity (Wildman–Crippen MR) is 54.4 cm³/mol. The van der Waals surface area contributed by atoms with Crippen LogP contribution >= 0.6 is 11.3 Å². The number of hydrogen-bond donors (Lipinski definition) is 1. The van der Waals surface area contributed by atoms with Gasteiger partial charge in [-0.05, 0) is 6.92 Å². The number of carbonyl (C=O) groups excluding carboxylic acids is 2. The van der Waals surface area contributed by atoms with E-state index in [1.165, 1.54) is 7.05 Å². The number of nitrogens with one attached hydrogen (secondary N) is 1. The summed E-state index contributed by atoms with van der Waals surface area (Å²) >= 11 is 1.01. The number of rotatable bonds is 4. The first-order valence-electron chi connectivity index (χ1n) is 4.41. The number of hydrogen-bond acceptors (Lipinski definition) is 4. The molecule has 0 bridgehead atoms. The molecule has 0 radical (unpaired) electrons. The molecule has 15 heavy (non-hydrogen) atoms. The van der Waals surface area contributed by atoms with Gasteiger partial charge in [0.1, 0.15) is 4.88 Å². The molecule has 1 aromatic heterocycles. The van der Waals surface area contributed by atoms with E-state index in [0.717, 1.165) is 11.3 Å². The van der Waals surface area contributed by atoms with Gasteiger partial charge in [0, 0.05) is 19.9 Å². The highest BCUT2D eigenvalue weighted by molar-refractivity contribution is 7.13. The Morgan fingerprint density at radius 2 is 2.13 bits per heavy atom. The Kier molecular flexibility index (Phi) is 3.90. The van der Waals surface area contributed by atoms with Crippen LogP contribution in [0.1, 0.15) is 27.5 Å². The summed E-state index contributed by atoms with van der Waals surface area (Å²) in [5.41, 5.74) is 0. The van der Waals surface area contributed by atoms with E-state index < -0.39 is 5.95 Å². The van der Waals surface area contributed by atoms with Gasteiger partial charge in [-0.1, -0.05) is 0 Å².